The summed E-state index contributed by atoms with van der Waals surface area (Å²) < 4.78 is 28.5. The molecule has 0 fully saturated rings. The molecule has 176 valence electrons. The Balaban J connectivity index is 2.06. The fraction of sp³-hybridized carbons (Fsp3) is 0.318. The number of thioether (sulfide) groups is 1. The Morgan fingerprint density at radius 1 is 1.33 bits per heavy atom. The molecule has 4 N–H and O–H groups in total. The summed E-state index contributed by atoms with van der Waals surface area (Å²) in [6, 6.07) is 12.0. The highest BCUT2D eigenvalue weighted by atomic mass is 32.2. The van der Waals surface area contributed by atoms with Gasteiger partial charge in [-0.1, -0.05) is 42.1 Å². The molecule has 1 aliphatic heterocycles. The number of hydrogen-bond donors (Lipinski definition) is 3. The molecule has 2 atom stereocenters. The van der Waals surface area contributed by atoms with Crippen LogP contribution in [0.2, 0.25) is 0 Å². The van der Waals surface area contributed by atoms with E-state index in [-0.39, 0.29) is 29.5 Å². The molecule has 11 heteroatoms. The number of hydrogen-bond acceptors (Lipinski definition) is 6. The molecule has 0 aliphatic carbocycles. The summed E-state index contributed by atoms with van der Waals surface area (Å²) in [5, 5.41) is 24.4. The quantitative estimate of drug-likeness (QED) is 0.306. The SMILES string of the molecule is CON(CCCC1(c2ccccc2)SC(c2cc(F)ccc2F)=NN1C(=O)[C@H](C)O)C(=N)N. The average Bonchev–Trinajstić information content (AvgIpc) is 3.18. The lowest BCUT2D eigenvalue weighted by atomic mass is 9.99. The number of guanidine groups is 1. The summed E-state index contributed by atoms with van der Waals surface area (Å²) in [5.74, 6) is -2.29. The Bertz CT molecular complexity index is 1050. The van der Waals surface area contributed by atoms with Crippen molar-refractivity contribution < 1.29 is 23.5 Å². The van der Waals surface area contributed by atoms with Crippen molar-refractivity contribution >= 4 is 28.7 Å². The van der Waals surface area contributed by atoms with Crippen LogP contribution < -0.4 is 5.73 Å². The van der Waals surface area contributed by atoms with Gasteiger partial charge in [0.1, 0.15) is 27.7 Å². The Kier molecular flexibility index (Phi) is 7.67. The number of amides is 1. The molecule has 3 rings (SSSR count). The number of nitrogens with one attached hydrogen (secondary N) is 1. The Morgan fingerprint density at radius 2 is 2.03 bits per heavy atom. The van der Waals surface area contributed by atoms with E-state index in [0.29, 0.717) is 12.0 Å². The second kappa shape index (κ2) is 10.3. The van der Waals surface area contributed by atoms with Crippen molar-refractivity contribution in [2.45, 2.75) is 30.7 Å². The van der Waals surface area contributed by atoms with Gasteiger partial charge in [-0.2, -0.15) is 5.10 Å². The Hall–Kier alpha value is -3.02. The van der Waals surface area contributed by atoms with Gasteiger partial charge in [0.05, 0.1) is 7.11 Å². The van der Waals surface area contributed by atoms with Crippen molar-refractivity contribution in [3.8, 4) is 0 Å². The minimum atomic E-state index is -1.37. The van der Waals surface area contributed by atoms with E-state index in [9.17, 15) is 18.7 Å². The maximum Gasteiger partial charge on any atom is 0.272 e. The first kappa shape index (κ1) is 24.6. The van der Waals surface area contributed by atoms with Crippen molar-refractivity contribution in [1.29, 1.82) is 5.41 Å². The number of nitrogens with zero attached hydrogens (tertiary/aromatic N) is 3. The summed E-state index contributed by atoms with van der Waals surface area (Å²) in [6.45, 7) is 1.56. The van der Waals surface area contributed by atoms with Crippen LogP contribution in [0.3, 0.4) is 0 Å². The maximum absolute atomic E-state index is 14.6. The van der Waals surface area contributed by atoms with Gasteiger partial charge < -0.3 is 10.8 Å². The number of carbonyl (C=O) groups excluding carboxylic acids is 1. The van der Waals surface area contributed by atoms with E-state index in [1.54, 1.807) is 24.3 Å². The number of carbonyl (C=O) groups is 1. The molecule has 8 nitrogen and oxygen atoms in total. The molecule has 1 unspecified atom stereocenters. The number of hydrazone groups is 1. The molecule has 0 saturated heterocycles. The summed E-state index contributed by atoms with van der Waals surface area (Å²) >= 11 is 1.10. The van der Waals surface area contributed by atoms with Crippen LogP contribution >= 0.6 is 11.8 Å². The maximum atomic E-state index is 14.6. The summed E-state index contributed by atoms with van der Waals surface area (Å²) in [6.07, 6.45) is -0.688. The van der Waals surface area contributed by atoms with E-state index in [2.05, 4.69) is 5.10 Å². The third-order valence-corrected chi connectivity index (χ3v) is 6.56. The van der Waals surface area contributed by atoms with E-state index in [1.165, 1.54) is 19.1 Å². The number of aliphatic hydroxyl groups is 1. The van der Waals surface area contributed by atoms with Crippen LogP contribution in [0, 0.1) is 17.0 Å². The monoisotopic (exact) mass is 477 g/mol. The minimum Gasteiger partial charge on any atom is -0.383 e. The van der Waals surface area contributed by atoms with Gasteiger partial charge in [0.25, 0.3) is 5.91 Å². The smallest absolute Gasteiger partial charge is 0.272 e. The molecule has 1 heterocycles. The lowest BCUT2D eigenvalue weighted by Gasteiger charge is -2.37. The zero-order valence-corrected chi connectivity index (χ0v) is 19.0. The second-order valence-electron chi connectivity index (χ2n) is 7.38. The van der Waals surface area contributed by atoms with Crippen molar-refractivity contribution in [3.05, 3.63) is 71.3 Å². The van der Waals surface area contributed by atoms with Gasteiger partial charge >= 0.3 is 0 Å². The minimum absolute atomic E-state index is 0.0801. The molecule has 2 aromatic carbocycles. The fourth-order valence-electron chi connectivity index (χ4n) is 3.52. The van der Waals surface area contributed by atoms with E-state index < -0.39 is 28.5 Å². The normalized spacial score (nSPS) is 18.7. The number of rotatable bonds is 8. The van der Waals surface area contributed by atoms with Crippen LogP contribution in [-0.4, -0.2) is 51.8 Å². The van der Waals surface area contributed by atoms with Crippen molar-refractivity contribution in [1.82, 2.24) is 10.1 Å². The fourth-order valence-corrected chi connectivity index (χ4v) is 4.95. The molecule has 0 spiro atoms. The molecule has 0 radical (unpaired) electrons. The first-order valence-corrected chi connectivity index (χ1v) is 11.0. The number of benzene rings is 2. The van der Waals surface area contributed by atoms with Crippen LogP contribution in [0.1, 0.15) is 30.9 Å². The largest absolute Gasteiger partial charge is 0.383 e. The highest BCUT2D eigenvalue weighted by Gasteiger charge is 2.49. The van der Waals surface area contributed by atoms with Crippen LogP contribution in [0.5, 0.6) is 0 Å². The predicted molar refractivity (Wildman–Crippen MR) is 122 cm³/mol. The lowest BCUT2D eigenvalue weighted by Crippen LogP contribution is -2.46. The van der Waals surface area contributed by atoms with Gasteiger partial charge in [-0.3, -0.25) is 15.0 Å². The molecular formula is C22H25F2N5O3S. The number of nitrogens with two attached hydrogens (primary N) is 1. The lowest BCUT2D eigenvalue weighted by molar-refractivity contribution is -0.143. The highest BCUT2D eigenvalue weighted by molar-refractivity contribution is 8.15. The van der Waals surface area contributed by atoms with Crippen LogP contribution in [0.4, 0.5) is 8.78 Å². The predicted octanol–water partition coefficient (Wildman–Crippen LogP) is 2.97. The van der Waals surface area contributed by atoms with Gasteiger partial charge in [0.2, 0.25) is 5.96 Å². The van der Waals surface area contributed by atoms with Gasteiger partial charge in [-0.25, -0.2) is 18.9 Å². The average molecular weight is 478 g/mol. The van der Waals surface area contributed by atoms with Crippen LogP contribution in [0.15, 0.2) is 53.6 Å². The highest BCUT2D eigenvalue weighted by Crippen LogP contribution is 2.50. The summed E-state index contributed by atoms with van der Waals surface area (Å²) in [7, 11) is 1.38. The molecule has 0 saturated carbocycles. The third kappa shape index (κ3) is 5.15. The van der Waals surface area contributed by atoms with Gasteiger partial charge in [-0.15, -0.1) is 0 Å². The van der Waals surface area contributed by atoms with Crippen molar-refractivity contribution in [2.24, 2.45) is 10.8 Å². The zero-order valence-electron chi connectivity index (χ0n) is 18.2. The molecule has 0 bridgehead atoms. The standard InChI is InChI=1S/C22H25F2N5O3S/c1-14(30)20(31)29-22(15-7-4-3-5-8-15,11-6-12-28(32-2)21(25)26)33-19(27-29)17-13-16(23)9-10-18(17)24/h3-5,7-10,13-14,30H,6,11-12H2,1-2H3,(H3,25,26)/t14-,22?/m0/s1. The van der Waals surface area contributed by atoms with Crippen LogP contribution in [-0.2, 0) is 14.5 Å². The van der Waals surface area contributed by atoms with E-state index in [1.807, 2.05) is 6.07 Å². The second-order valence-corrected chi connectivity index (χ2v) is 8.65. The molecule has 33 heavy (non-hydrogen) atoms. The number of hydroxylamine groups is 2. The van der Waals surface area contributed by atoms with Crippen molar-refractivity contribution in [3.63, 3.8) is 0 Å². The molecular weight excluding hydrogens is 452 g/mol. The Labute approximate surface area is 194 Å². The molecule has 2 aromatic rings. The van der Waals surface area contributed by atoms with E-state index in [0.717, 1.165) is 35.0 Å². The molecule has 1 aliphatic rings. The number of halogens is 2. The molecule has 1 amide bonds. The third-order valence-electron chi connectivity index (χ3n) is 5.11. The van der Waals surface area contributed by atoms with Gasteiger partial charge in [-0.05, 0) is 43.5 Å². The Morgan fingerprint density at radius 3 is 2.64 bits per heavy atom. The van der Waals surface area contributed by atoms with Gasteiger partial charge in [0, 0.05) is 12.1 Å². The first-order chi connectivity index (χ1) is 15.7. The van der Waals surface area contributed by atoms with Gasteiger partial charge in [0.15, 0.2) is 0 Å². The van der Waals surface area contributed by atoms with Crippen molar-refractivity contribution in [2.75, 3.05) is 13.7 Å². The van der Waals surface area contributed by atoms with E-state index in [4.69, 9.17) is 16.0 Å². The van der Waals surface area contributed by atoms with E-state index >= 15 is 0 Å². The zero-order chi connectivity index (χ0) is 24.2. The summed E-state index contributed by atoms with van der Waals surface area (Å²) in [5.41, 5.74) is 6.12. The summed E-state index contributed by atoms with van der Waals surface area (Å²) in [4.78, 5) is 17.0. The topological polar surface area (TPSA) is 115 Å². The number of aliphatic hydroxyl groups excluding tert-OH is 1. The molecule has 0 aromatic heterocycles. The van der Waals surface area contributed by atoms with Crippen LogP contribution in [0.25, 0.3) is 0 Å². The first-order valence-electron chi connectivity index (χ1n) is 10.2.